The van der Waals surface area contributed by atoms with E-state index < -0.39 is 5.97 Å². The zero-order chi connectivity index (χ0) is 19.5. The van der Waals surface area contributed by atoms with E-state index in [2.05, 4.69) is 17.1 Å². The molecule has 6 nitrogen and oxygen atoms in total. The first-order valence-electron chi connectivity index (χ1n) is 10.1. The van der Waals surface area contributed by atoms with Crippen molar-refractivity contribution >= 4 is 17.6 Å². The number of unbranched alkanes of at least 4 members (excludes halogenated alkanes) is 3. The maximum Gasteiger partial charge on any atom is 0.341 e. The number of phenolic OH excluding ortho intramolecular Hbond substituents is 1. The van der Waals surface area contributed by atoms with Gasteiger partial charge in [0, 0.05) is 24.7 Å². The predicted octanol–water partition coefficient (Wildman–Crippen LogP) is 3.94. The van der Waals surface area contributed by atoms with Crippen LogP contribution >= 0.6 is 0 Å². The molecule has 0 radical (unpaired) electrons. The Hall–Kier alpha value is -2.08. The topological polar surface area (TPSA) is 78.9 Å². The number of nitrogens with one attached hydrogen (secondary N) is 1. The van der Waals surface area contributed by atoms with Crippen molar-refractivity contribution in [3.63, 3.8) is 0 Å². The van der Waals surface area contributed by atoms with Crippen LogP contribution in [-0.2, 0) is 9.53 Å². The van der Waals surface area contributed by atoms with Gasteiger partial charge < -0.3 is 20.1 Å². The van der Waals surface area contributed by atoms with Crippen molar-refractivity contribution in [3.05, 3.63) is 23.8 Å². The minimum Gasteiger partial charge on any atom is -0.507 e. The molecule has 1 aliphatic rings. The van der Waals surface area contributed by atoms with Crippen LogP contribution in [0, 0.1) is 0 Å². The standard InChI is InChI=1S/C21H32N2O4/c1-2-3-4-8-15-27-21(26)18-10-9-17(16-19(18)24)22-20(25)11-14-23-12-6-5-7-13-23/h9-10,16,24H,2-8,11-15H2,1H3,(H,22,25). The Labute approximate surface area is 161 Å². The molecule has 0 saturated carbocycles. The zero-order valence-electron chi connectivity index (χ0n) is 16.3. The Balaban J connectivity index is 1.77. The second kappa shape index (κ2) is 11.6. The summed E-state index contributed by atoms with van der Waals surface area (Å²) in [5, 5.41) is 12.9. The highest BCUT2D eigenvalue weighted by Crippen LogP contribution is 2.23. The lowest BCUT2D eigenvalue weighted by Crippen LogP contribution is -2.32. The van der Waals surface area contributed by atoms with Crippen LogP contribution in [-0.4, -0.2) is 48.1 Å². The third-order valence-electron chi connectivity index (χ3n) is 4.84. The van der Waals surface area contributed by atoms with Crippen molar-refractivity contribution < 1.29 is 19.4 Å². The Morgan fingerprint density at radius 3 is 2.63 bits per heavy atom. The molecule has 0 spiro atoms. The molecule has 0 aliphatic carbocycles. The largest absolute Gasteiger partial charge is 0.507 e. The van der Waals surface area contributed by atoms with Crippen LogP contribution in [0.3, 0.4) is 0 Å². The van der Waals surface area contributed by atoms with Gasteiger partial charge in [0.25, 0.3) is 0 Å². The van der Waals surface area contributed by atoms with Gasteiger partial charge in [-0.05, 0) is 44.5 Å². The van der Waals surface area contributed by atoms with Gasteiger partial charge in [0.15, 0.2) is 0 Å². The molecule has 1 amide bonds. The smallest absolute Gasteiger partial charge is 0.341 e. The van der Waals surface area contributed by atoms with Crippen molar-refractivity contribution in [2.45, 2.75) is 58.3 Å². The van der Waals surface area contributed by atoms with Gasteiger partial charge in [-0.1, -0.05) is 32.6 Å². The molecule has 1 saturated heterocycles. The van der Waals surface area contributed by atoms with E-state index in [0.717, 1.165) is 45.3 Å². The minimum atomic E-state index is -0.535. The van der Waals surface area contributed by atoms with Gasteiger partial charge in [0.2, 0.25) is 5.91 Å². The number of piperidine rings is 1. The summed E-state index contributed by atoms with van der Waals surface area (Å²) in [5.41, 5.74) is 0.604. The molecule has 6 heteroatoms. The van der Waals surface area contributed by atoms with Crippen molar-refractivity contribution in [1.29, 1.82) is 0 Å². The first kappa shape index (κ1) is 21.2. The average Bonchev–Trinajstić information content (AvgIpc) is 2.67. The summed E-state index contributed by atoms with van der Waals surface area (Å²) in [4.78, 5) is 26.4. The number of benzene rings is 1. The fourth-order valence-corrected chi connectivity index (χ4v) is 3.22. The molecule has 0 aromatic heterocycles. The van der Waals surface area contributed by atoms with Crippen molar-refractivity contribution in [3.8, 4) is 5.75 Å². The second-order valence-corrected chi connectivity index (χ2v) is 7.13. The van der Waals surface area contributed by atoms with E-state index >= 15 is 0 Å². The number of rotatable bonds is 10. The van der Waals surface area contributed by atoms with E-state index in [1.807, 2.05) is 0 Å². The number of hydrogen-bond donors (Lipinski definition) is 2. The van der Waals surface area contributed by atoms with Gasteiger partial charge >= 0.3 is 5.97 Å². The molecule has 1 aromatic rings. The fraction of sp³-hybridized carbons (Fsp3) is 0.619. The summed E-state index contributed by atoms with van der Waals surface area (Å²) in [5.74, 6) is -0.805. The lowest BCUT2D eigenvalue weighted by molar-refractivity contribution is -0.116. The van der Waals surface area contributed by atoms with Gasteiger partial charge in [0.05, 0.1) is 6.61 Å². The van der Waals surface area contributed by atoms with Crippen LogP contribution in [0.4, 0.5) is 5.69 Å². The number of carbonyl (C=O) groups is 2. The molecule has 2 N–H and O–H groups in total. The van der Waals surface area contributed by atoms with E-state index in [0.29, 0.717) is 18.7 Å². The van der Waals surface area contributed by atoms with E-state index in [1.165, 1.54) is 31.4 Å². The first-order valence-corrected chi connectivity index (χ1v) is 10.1. The van der Waals surface area contributed by atoms with Crippen molar-refractivity contribution in [1.82, 2.24) is 4.90 Å². The van der Waals surface area contributed by atoms with E-state index in [4.69, 9.17) is 4.74 Å². The quantitative estimate of drug-likeness (QED) is 0.478. The summed E-state index contributed by atoms with van der Waals surface area (Å²) >= 11 is 0. The lowest BCUT2D eigenvalue weighted by atomic mass is 10.1. The van der Waals surface area contributed by atoms with Crippen LogP contribution in [0.5, 0.6) is 5.75 Å². The SMILES string of the molecule is CCCCCCOC(=O)c1ccc(NC(=O)CCN2CCCCC2)cc1O. The monoisotopic (exact) mass is 376 g/mol. The molecule has 1 aliphatic heterocycles. The highest BCUT2D eigenvalue weighted by molar-refractivity contribution is 5.95. The Morgan fingerprint density at radius 2 is 1.93 bits per heavy atom. The number of likely N-dealkylation sites (tertiary alicyclic amines) is 1. The highest BCUT2D eigenvalue weighted by Gasteiger charge is 2.15. The van der Waals surface area contributed by atoms with Gasteiger partial charge in [-0.15, -0.1) is 0 Å². The van der Waals surface area contributed by atoms with Gasteiger partial charge in [-0.2, -0.15) is 0 Å². The summed E-state index contributed by atoms with van der Waals surface area (Å²) < 4.78 is 5.19. The van der Waals surface area contributed by atoms with Crippen LogP contribution < -0.4 is 5.32 Å². The van der Waals surface area contributed by atoms with Crippen LogP contribution in [0.1, 0.15) is 68.6 Å². The zero-order valence-corrected chi connectivity index (χ0v) is 16.3. The van der Waals surface area contributed by atoms with E-state index in [1.54, 1.807) is 6.07 Å². The second-order valence-electron chi connectivity index (χ2n) is 7.13. The lowest BCUT2D eigenvalue weighted by Gasteiger charge is -2.25. The Morgan fingerprint density at radius 1 is 1.15 bits per heavy atom. The van der Waals surface area contributed by atoms with Gasteiger partial charge in [-0.25, -0.2) is 4.79 Å². The molecule has 0 bridgehead atoms. The van der Waals surface area contributed by atoms with Crippen molar-refractivity contribution in [2.75, 3.05) is 31.6 Å². The number of hydrogen-bond acceptors (Lipinski definition) is 5. The van der Waals surface area contributed by atoms with Gasteiger partial charge in [0.1, 0.15) is 11.3 Å². The van der Waals surface area contributed by atoms with E-state index in [-0.39, 0.29) is 17.2 Å². The minimum absolute atomic E-state index is 0.0915. The predicted molar refractivity (Wildman–Crippen MR) is 106 cm³/mol. The normalized spacial score (nSPS) is 14.7. The van der Waals surface area contributed by atoms with E-state index in [9.17, 15) is 14.7 Å². The number of esters is 1. The Kier molecular flexibility index (Phi) is 9.11. The number of amides is 1. The van der Waals surface area contributed by atoms with Crippen LogP contribution in [0.25, 0.3) is 0 Å². The fourth-order valence-electron chi connectivity index (χ4n) is 3.22. The molecular weight excluding hydrogens is 344 g/mol. The molecule has 150 valence electrons. The average molecular weight is 376 g/mol. The molecule has 1 aromatic carbocycles. The molecule has 1 fully saturated rings. The molecule has 2 rings (SSSR count). The maximum atomic E-state index is 12.1. The number of phenols is 1. The molecule has 1 heterocycles. The number of anilines is 1. The number of aromatic hydroxyl groups is 1. The summed E-state index contributed by atoms with van der Waals surface area (Å²) in [6.07, 6.45) is 8.19. The van der Waals surface area contributed by atoms with Crippen LogP contribution in [0.15, 0.2) is 18.2 Å². The first-order chi connectivity index (χ1) is 13.1. The third-order valence-corrected chi connectivity index (χ3v) is 4.84. The molecular formula is C21H32N2O4. The molecule has 27 heavy (non-hydrogen) atoms. The molecule has 0 atom stereocenters. The van der Waals surface area contributed by atoms with Crippen molar-refractivity contribution in [2.24, 2.45) is 0 Å². The summed E-state index contributed by atoms with van der Waals surface area (Å²) in [6, 6.07) is 4.50. The highest BCUT2D eigenvalue weighted by atomic mass is 16.5. The molecule has 0 unspecified atom stereocenters. The van der Waals surface area contributed by atoms with Crippen LogP contribution in [0.2, 0.25) is 0 Å². The third kappa shape index (κ3) is 7.59. The van der Waals surface area contributed by atoms with Gasteiger partial charge in [-0.3, -0.25) is 4.79 Å². The number of nitrogens with zero attached hydrogens (tertiary/aromatic N) is 1. The summed E-state index contributed by atoms with van der Waals surface area (Å²) in [6.45, 7) is 5.35. The number of ether oxygens (including phenoxy) is 1. The number of carbonyl (C=O) groups excluding carboxylic acids is 2. The summed E-state index contributed by atoms with van der Waals surface area (Å²) in [7, 11) is 0. The Bertz CT molecular complexity index is 612. The maximum absolute atomic E-state index is 12.1.